The molecule has 2 amide bonds. The minimum absolute atomic E-state index is 0.0363. The van der Waals surface area contributed by atoms with Crippen molar-refractivity contribution in [2.24, 2.45) is 5.92 Å². The van der Waals surface area contributed by atoms with Gasteiger partial charge in [-0.2, -0.15) is 0 Å². The van der Waals surface area contributed by atoms with Gasteiger partial charge < -0.3 is 24.8 Å². The van der Waals surface area contributed by atoms with Crippen molar-refractivity contribution in [3.63, 3.8) is 0 Å². The molecule has 0 bridgehead atoms. The zero-order valence-corrected chi connectivity index (χ0v) is 30.9. The second-order valence-corrected chi connectivity index (χ2v) is 15.5. The number of hydrogen-bond acceptors (Lipinski definition) is 5. The van der Waals surface area contributed by atoms with Crippen LogP contribution in [0.2, 0.25) is 0 Å². The summed E-state index contributed by atoms with van der Waals surface area (Å²) in [5, 5.41) is 13.0. The third kappa shape index (κ3) is 9.02. The molecule has 8 nitrogen and oxygen atoms in total. The molecule has 0 saturated heterocycles. The summed E-state index contributed by atoms with van der Waals surface area (Å²) in [6.07, 6.45) is 5.00. The lowest BCUT2D eigenvalue weighted by Gasteiger charge is -2.37. The van der Waals surface area contributed by atoms with Gasteiger partial charge in [-0.3, -0.25) is 9.59 Å². The highest BCUT2D eigenvalue weighted by Gasteiger charge is 2.37. The van der Waals surface area contributed by atoms with Crippen molar-refractivity contribution >= 4 is 17.8 Å². The lowest BCUT2D eigenvalue weighted by Crippen LogP contribution is -2.56. The lowest BCUT2D eigenvalue weighted by atomic mass is 9.87. The molecule has 6 rings (SSSR count). The number of hydrogen-bond donors (Lipinski definition) is 2. The standard InChI is InChI=1S/C44H50N2O6/c1-28-10-16-37(22-29(28)2)51-35-17-11-31(12-18-35)23-39(43(49)50)45-42(48)40-26-32-13-19-38(52-36-20-14-34(15-21-36)44(3,4)5)25-33(32)27-46(40)41(47)24-30-8-6-7-9-30/h10-22,25,30,39-40H,6-9,23-24,26-27H2,1-5H3,(H,45,48)(H,49,50)/t39-,40-/m0/s1. The third-order valence-corrected chi connectivity index (χ3v) is 10.5. The molecule has 2 N–H and O–H groups in total. The van der Waals surface area contributed by atoms with Gasteiger partial charge in [0.15, 0.2) is 0 Å². The molecular weight excluding hydrogens is 652 g/mol. The number of aliphatic carboxylic acids is 1. The van der Waals surface area contributed by atoms with Crippen LogP contribution in [-0.2, 0) is 39.2 Å². The average Bonchev–Trinajstić information content (AvgIpc) is 3.62. The molecular formula is C44H50N2O6. The minimum atomic E-state index is -1.17. The highest BCUT2D eigenvalue weighted by Crippen LogP contribution is 2.34. The number of carboxylic acid groups (broad SMARTS) is 1. The summed E-state index contributed by atoms with van der Waals surface area (Å²) < 4.78 is 12.2. The molecule has 2 atom stereocenters. The number of nitrogens with zero attached hydrogens (tertiary/aromatic N) is 1. The minimum Gasteiger partial charge on any atom is -0.480 e. The first kappa shape index (κ1) is 36.7. The number of fused-ring (bicyclic) bond motifs is 1. The molecule has 8 heteroatoms. The van der Waals surface area contributed by atoms with Gasteiger partial charge in [0.2, 0.25) is 11.8 Å². The Morgan fingerprint density at radius 3 is 2.00 bits per heavy atom. The fourth-order valence-corrected chi connectivity index (χ4v) is 7.17. The van der Waals surface area contributed by atoms with Crippen LogP contribution < -0.4 is 14.8 Å². The van der Waals surface area contributed by atoms with Crippen LogP contribution in [-0.4, -0.2) is 39.9 Å². The Morgan fingerprint density at radius 2 is 1.38 bits per heavy atom. The van der Waals surface area contributed by atoms with Crippen molar-refractivity contribution in [1.29, 1.82) is 0 Å². The normalized spacial score (nSPS) is 16.6. The summed E-state index contributed by atoms with van der Waals surface area (Å²) in [6, 6.07) is 25.0. The first-order valence-electron chi connectivity index (χ1n) is 18.4. The Balaban J connectivity index is 1.16. The molecule has 52 heavy (non-hydrogen) atoms. The molecule has 1 fully saturated rings. The number of carboxylic acids is 1. The van der Waals surface area contributed by atoms with E-state index in [0.29, 0.717) is 23.8 Å². The van der Waals surface area contributed by atoms with Crippen LogP contribution in [0, 0.1) is 19.8 Å². The van der Waals surface area contributed by atoms with Crippen molar-refractivity contribution in [2.75, 3.05) is 0 Å². The van der Waals surface area contributed by atoms with Gasteiger partial charge in [-0.15, -0.1) is 0 Å². The van der Waals surface area contributed by atoms with Gasteiger partial charge in [-0.05, 0) is 120 Å². The Hall–Kier alpha value is -5.11. The number of amides is 2. The first-order chi connectivity index (χ1) is 24.8. The number of carbonyl (C=O) groups excluding carboxylic acids is 2. The highest BCUT2D eigenvalue weighted by molar-refractivity contribution is 5.91. The van der Waals surface area contributed by atoms with Crippen molar-refractivity contribution in [2.45, 2.75) is 104 Å². The van der Waals surface area contributed by atoms with Gasteiger partial charge in [0.05, 0.1) is 0 Å². The van der Waals surface area contributed by atoms with Crippen LogP contribution in [0.15, 0.2) is 84.9 Å². The van der Waals surface area contributed by atoms with E-state index in [0.717, 1.165) is 59.4 Å². The molecule has 4 aromatic carbocycles. The number of ether oxygens (including phenoxy) is 2. The smallest absolute Gasteiger partial charge is 0.326 e. The van der Waals surface area contributed by atoms with Gasteiger partial charge in [0, 0.05) is 25.8 Å². The average molecular weight is 703 g/mol. The molecule has 0 spiro atoms. The number of aryl methyl sites for hydroxylation is 2. The summed E-state index contributed by atoms with van der Waals surface area (Å²) in [7, 11) is 0. The zero-order chi connectivity index (χ0) is 37.0. The van der Waals surface area contributed by atoms with E-state index in [-0.39, 0.29) is 30.7 Å². The van der Waals surface area contributed by atoms with E-state index in [4.69, 9.17) is 9.47 Å². The third-order valence-electron chi connectivity index (χ3n) is 10.5. The Bertz CT molecular complexity index is 1900. The Morgan fingerprint density at radius 1 is 0.788 bits per heavy atom. The summed E-state index contributed by atoms with van der Waals surface area (Å²) in [5.41, 5.74) is 6.16. The van der Waals surface area contributed by atoms with Crippen molar-refractivity contribution in [3.05, 3.63) is 118 Å². The van der Waals surface area contributed by atoms with E-state index < -0.39 is 24.0 Å². The van der Waals surface area contributed by atoms with Crippen molar-refractivity contribution < 1.29 is 29.0 Å². The predicted molar refractivity (Wildman–Crippen MR) is 202 cm³/mol. The Labute approximate surface area is 307 Å². The molecule has 4 aromatic rings. The largest absolute Gasteiger partial charge is 0.480 e. The van der Waals surface area contributed by atoms with E-state index in [1.165, 1.54) is 11.1 Å². The topological polar surface area (TPSA) is 105 Å². The predicted octanol–water partition coefficient (Wildman–Crippen LogP) is 8.83. The highest BCUT2D eigenvalue weighted by atomic mass is 16.5. The zero-order valence-electron chi connectivity index (χ0n) is 30.9. The summed E-state index contributed by atoms with van der Waals surface area (Å²) in [5.74, 6) is 1.36. The number of carbonyl (C=O) groups is 3. The molecule has 0 aromatic heterocycles. The quantitative estimate of drug-likeness (QED) is 0.162. The molecule has 1 aliphatic heterocycles. The van der Waals surface area contributed by atoms with Crippen LogP contribution in [0.1, 0.15) is 86.3 Å². The van der Waals surface area contributed by atoms with Crippen molar-refractivity contribution in [1.82, 2.24) is 10.2 Å². The molecule has 272 valence electrons. The van der Waals surface area contributed by atoms with E-state index in [9.17, 15) is 19.5 Å². The van der Waals surface area contributed by atoms with E-state index in [1.54, 1.807) is 17.0 Å². The maximum Gasteiger partial charge on any atom is 0.326 e. The summed E-state index contributed by atoms with van der Waals surface area (Å²) in [6.45, 7) is 10.8. The van der Waals surface area contributed by atoms with Crippen LogP contribution in [0.25, 0.3) is 0 Å². The lowest BCUT2D eigenvalue weighted by molar-refractivity contribution is -0.145. The van der Waals surface area contributed by atoms with Gasteiger partial charge in [0.25, 0.3) is 0 Å². The van der Waals surface area contributed by atoms with Crippen LogP contribution >= 0.6 is 0 Å². The Kier molecular flexibility index (Phi) is 11.0. The molecule has 1 saturated carbocycles. The summed E-state index contributed by atoms with van der Waals surface area (Å²) >= 11 is 0. The maximum atomic E-state index is 14.0. The van der Waals surface area contributed by atoms with Crippen LogP contribution in [0.3, 0.4) is 0 Å². The van der Waals surface area contributed by atoms with Gasteiger partial charge in [-0.25, -0.2) is 4.79 Å². The van der Waals surface area contributed by atoms with Crippen LogP contribution in [0.4, 0.5) is 0 Å². The first-order valence-corrected chi connectivity index (χ1v) is 18.4. The molecule has 2 aliphatic rings. The molecule has 1 heterocycles. The number of benzene rings is 4. The van der Waals surface area contributed by atoms with Gasteiger partial charge >= 0.3 is 5.97 Å². The molecule has 0 unspecified atom stereocenters. The maximum absolute atomic E-state index is 14.0. The van der Waals surface area contributed by atoms with Crippen molar-refractivity contribution in [3.8, 4) is 23.0 Å². The van der Waals surface area contributed by atoms with E-state index >= 15 is 0 Å². The fourth-order valence-electron chi connectivity index (χ4n) is 7.17. The van der Waals surface area contributed by atoms with Crippen LogP contribution in [0.5, 0.6) is 23.0 Å². The van der Waals surface area contributed by atoms with Gasteiger partial charge in [0.1, 0.15) is 35.1 Å². The van der Waals surface area contributed by atoms with E-state index in [2.05, 4.69) is 38.2 Å². The fraction of sp³-hybridized carbons (Fsp3) is 0.386. The van der Waals surface area contributed by atoms with Gasteiger partial charge in [-0.1, -0.05) is 70.0 Å². The second kappa shape index (κ2) is 15.6. The second-order valence-electron chi connectivity index (χ2n) is 15.5. The number of nitrogens with one attached hydrogen (secondary N) is 1. The SMILES string of the molecule is Cc1ccc(Oc2ccc(C[C@H](NC(=O)[C@@H]3Cc4ccc(Oc5ccc(C(C)(C)C)cc5)cc4CN3C(=O)CC3CCCC3)C(=O)O)cc2)cc1C. The summed E-state index contributed by atoms with van der Waals surface area (Å²) in [4.78, 5) is 41.9. The molecule has 0 radical (unpaired) electrons. The monoisotopic (exact) mass is 702 g/mol. The van der Waals surface area contributed by atoms with E-state index in [1.807, 2.05) is 74.5 Å². The number of rotatable bonds is 11. The molecule has 1 aliphatic carbocycles.